The Bertz CT molecular complexity index is 721. The average molecular weight is 383 g/mol. The van der Waals surface area contributed by atoms with Crippen molar-refractivity contribution in [1.82, 2.24) is 0 Å². The van der Waals surface area contributed by atoms with Crippen LogP contribution in [-0.2, 0) is 7.05 Å². The average Bonchev–Trinajstić information content (AvgIpc) is 2.55. The molecular weight excluding hydrogens is 351 g/mol. The van der Waals surface area contributed by atoms with E-state index in [1.165, 1.54) is 48.9 Å². The van der Waals surface area contributed by atoms with E-state index in [0.717, 1.165) is 5.92 Å². The van der Waals surface area contributed by atoms with E-state index in [-0.39, 0.29) is 0 Å². The number of hydrogen-bond acceptors (Lipinski definition) is 0. The molecule has 3 rings (SSSR count). The molecule has 2 aromatic rings. The zero-order valence-electron chi connectivity index (χ0n) is 16.0. The molecule has 1 aromatic carbocycles. The van der Waals surface area contributed by atoms with Crippen molar-refractivity contribution in [3.63, 3.8) is 0 Å². The number of rotatable bonds is 3. The molecule has 0 bridgehead atoms. The van der Waals surface area contributed by atoms with Crippen molar-refractivity contribution in [2.24, 2.45) is 7.05 Å². The van der Waals surface area contributed by atoms with Crippen molar-refractivity contribution in [1.29, 1.82) is 0 Å². The topological polar surface area (TPSA) is 3.88 Å². The van der Waals surface area contributed by atoms with Crippen LogP contribution in [0.15, 0.2) is 36.5 Å². The summed E-state index contributed by atoms with van der Waals surface area (Å²) in [5.41, 5.74) is 5.74. The molecule has 0 amide bonds. The van der Waals surface area contributed by atoms with Crippen LogP contribution in [0, 0.1) is 6.92 Å². The van der Waals surface area contributed by atoms with Crippen molar-refractivity contribution in [2.45, 2.75) is 62.2 Å². The summed E-state index contributed by atoms with van der Waals surface area (Å²) in [7, 11) is 2.17. The van der Waals surface area contributed by atoms with Gasteiger partial charge in [-0.15, -0.1) is 0 Å². The Hall–Kier alpha value is -1.09. The van der Waals surface area contributed by atoms with Gasteiger partial charge in [0.2, 0.25) is 0 Å². The van der Waals surface area contributed by atoms with Gasteiger partial charge in [-0.2, -0.15) is 0 Å². The van der Waals surface area contributed by atoms with Crippen LogP contribution in [0.2, 0.25) is 17.3 Å². The Morgan fingerprint density at radius 2 is 1.67 bits per heavy atom. The first-order valence-electron chi connectivity index (χ1n) is 9.47. The molecule has 0 radical (unpaired) electrons. The van der Waals surface area contributed by atoms with E-state index in [4.69, 9.17) is 0 Å². The summed E-state index contributed by atoms with van der Waals surface area (Å²) < 4.78 is 3.86. The SMILES string of the molecule is Cc1cc(C2CCCCC2)ccc1-c1c[c]([Ge]([CH3])([CH3])[CH3])cc[n+]1C. The second kappa shape index (κ2) is 7.03. The molecule has 1 nitrogen and oxygen atoms in total. The first-order valence-corrected chi connectivity index (χ1v) is 16.8. The van der Waals surface area contributed by atoms with Crippen LogP contribution in [0.1, 0.15) is 49.1 Å². The summed E-state index contributed by atoms with van der Waals surface area (Å²) in [6.45, 7) is 2.28. The first-order chi connectivity index (χ1) is 11.4. The Labute approximate surface area is 150 Å². The van der Waals surface area contributed by atoms with Crippen LogP contribution in [0.4, 0.5) is 0 Å². The second-order valence-corrected chi connectivity index (χ2v) is 19.2. The van der Waals surface area contributed by atoms with Crippen molar-refractivity contribution >= 4 is 17.7 Å². The van der Waals surface area contributed by atoms with Gasteiger partial charge in [-0.1, -0.05) is 0 Å². The maximum atomic E-state index is 2.47. The van der Waals surface area contributed by atoms with Crippen LogP contribution < -0.4 is 8.96 Å². The Morgan fingerprint density at radius 1 is 0.958 bits per heavy atom. The van der Waals surface area contributed by atoms with Crippen molar-refractivity contribution in [3.8, 4) is 11.3 Å². The zero-order chi connectivity index (χ0) is 17.3. The number of benzene rings is 1. The van der Waals surface area contributed by atoms with Gasteiger partial charge in [-0.25, -0.2) is 0 Å². The summed E-state index contributed by atoms with van der Waals surface area (Å²) in [5.74, 6) is 8.20. The standard InChI is InChI=1S/C22H32GeN/c1-17-15-19(18-9-7-6-8-10-18)11-12-21(17)22-16-20(23(2,3)4)13-14-24(22)5/h11-16,18H,6-10H2,1-5H3/q+1. The quantitative estimate of drug-likeness (QED) is 0.514. The maximum absolute atomic E-state index is 2.47. The van der Waals surface area contributed by atoms with E-state index in [1.807, 2.05) is 0 Å². The number of hydrogen-bond donors (Lipinski definition) is 0. The summed E-state index contributed by atoms with van der Waals surface area (Å²) in [5, 5.41) is 0. The van der Waals surface area contributed by atoms with E-state index in [0.29, 0.717) is 0 Å². The van der Waals surface area contributed by atoms with Gasteiger partial charge in [-0.05, 0) is 0 Å². The van der Waals surface area contributed by atoms with E-state index in [9.17, 15) is 0 Å². The van der Waals surface area contributed by atoms with Crippen LogP contribution in [0.5, 0.6) is 0 Å². The normalized spacial score (nSPS) is 16.4. The van der Waals surface area contributed by atoms with Gasteiger partial charge >= 0.3 is 150 Å². The molecule has 0 unspecified atom stereocenters. The van der Waals surface area contributed by atoms with Gasteiger partial charge in [0.1, 0.15) is 0 Å². The molecule has 0 atom stereocenters. The third kappa shape index (κ3) is 3.77. The first kappa shape index (κ1) is 17.7. The fourth-order valence-corrected chi connectivity index (χ4v) is 6.37. The minimum atomic E-state index is -1.80. The van der Waals surface area contributed by atoms with E-state index in [2.05, 4.69) is 72.3 Å². The number of nitrogens with zero attached hydrogens (tertiary/aromatic N) is 1. The van der Waals surface area contributed by atoms with Gasteiger partial charge in [0.15, 0.2) is 0 Å². The molecule has 2 heteroatoms. The molecule has 1 heterocycles. The molecule has 1 aromatic heterocycles. The molecule has 0 spiro atoms. The summed E-state index contributed by atoms with van der Waals surface area (Å²) >= 11 is -1.80. The van der Waals surface area contributed by atoms with Crippen molar-refractivity contribution in [2.75, 3.05) is 0 Å². The minimum absolute atomic E-state index is 0.788. The van der Waals surface area contributed by atoms with Gasteiger partial charge in [0.25, 0.3) is 0 Å². The Kier molecular flexibility index (Phi) is 5.20. The van der Waals surface area contributed by atoms with Gasteiger partial charge < -0.3 is 0 Å². The number of aryl methyl sites for hydroxylation is 2. The fourth-order valence-electron chi connectivity index (χ4n) is 3.97. The summed E-state index contributed by atoms with van der Waals surface area (Å²) in [6.07, 6.45) is 9.23. The molecule has 0 N–H and O–H groups in total. The predicted molar refractivity (Wildman–Crippen MR) is 107 cm³/mol. The fraction of sp³-hybridized carbons (Fsp3) is 0.500. The van der Waals surface area contributed by atoms with Gasteiger partial charge in [0.05, 0.1) is 0 Å². The summed E-state index contributed by atoms with van der Waals surface area (Å²) in [4.78, 5) is 0. The Morgan fingerprint density at radius 3 is 2.29 bits per heavy atom. The molecule has 0 saturated heterocycles. The molecule has 1 saturated carbocycles. The van der Waals surface area contributed by atoms with Crippen LogP contribution in [0.3, 0.4) is 0 Å². The van der Waals surface area contributed by atoms with Gasteiger partial charge in [-0.3, -0.25) is 0 Å². The van der Waals surface area contributed by atoms with Gasteiger partial charge in [0, 0.05) is 0 Å². The van der Waals surface area contributed by atoms with Crippen molar-refractivity contribution < 1.29 is 4.57 Å². The molecule has 128 valence electrons. The van der Waals surface area contributed by atoms with Crippen molar-refractivity contribution in [3.05, 3.63) is 47.7 Å². The van der Waals surface area contributed by atoms with E-state index in [1.54, 1.807) is 9.96 Å². The van der Waals surface area contributed by atoms with E-state index >= 15 is 0 Å². The predicted octanol–water partition coefficient (Wildman–Crippen LogP) is 5.08. The molecule has 1 fully saturated rings. The molecule has 1 aliphatic carbocycles. The zero-order valence-corrected chi connectivity index (χ0v) is 18.1. The number of aromatic nitrogens is 1. The molecular formula is C22H32GeN+. The molecule has 24 heavy (non-hydrogen) atoms. The molecule has 0 aliphatic heterocycles. The number of pyridine rings is 1. The Balaban J connectivity index is 1.98. The van der Waals surface area contributed by atoms with Crippen LogP contribution in [-0.4, -0.2) is 13.3 Å². The van der Waals surface area contributed by atoms with Crippen LogP contribution >= 0.6 is 0 Å². The van der Waals surface area contributed by atoms with E-state index < -0.39 is 13.3 Å². The third-order valence-electron chi connectivity index (χ3n) is 5.62. The molecule has 1 aliphatic rings. The second-order valence-electron chi connectivity index (χ2n) is 8.57. The monoisotopic (exact) mass is 384 g/mol. The third-order valence-corrected chi connectivity index (χ3v) is 9.91. The summed E-state index contributed by atoms with van der Waals surface area (Å²) in [6, 6.07) is 12.0. The van der Waals surface area contributed by atoms with Crippen LogP contribution in [0.25, 0.3) is 11.3 Å².